The Morgan fingerprint density at radius 1 is 1.20 bits per heavy atom. The van der Waals surface area contributed by atoms with Gasteiger partial charge in [-0.15, -0.1) is 0 Å². The summed E-state index contributed by atoms with van der Waals surface area (Å²) in [6.45, 7) is 0.740. The maximum Gasteiger partial charge on any atom is 0.139 e. The monoisotopic (exact) mass is 291 g/mol. The number of alkyl halides is 1. The van der Waals surface area contributed by atoms with Crippen LogP contribution >= 0.6 is 27.5 Å². The van der Waals surface area contributed by atoms with Crippen LogP contribution in [0.1, 0.15) is 25.7 Å². The molecule has 2 nitrogen and oxygen atoms in total. The number of rotatable bonds is 7. The quantitative estimate of drug-likeness (QED) is 0.558. The fourth-order valence-corrected chi connectivity index (χ4v) is 1.77. The summed E-state index contributed by atoms with van der Waals surface area (Å²) < 4.78 is 5.51. The molecule has 0 N–H and O–H groups in total. The van der Waals surface area contributed by atoms with Crippen molar-refractivity contribution in [2.75, 3.05) is 11.9 Å². The first kappa shape index (κ1) is 12.8. The molecule has 0 spiro atoms. The smallest absolute Gasteiger partial charge is 0.139 e. The Balaban J connectivity index is 2.10. The van der Waals surface area contributed by atoms with Crippen molar-refractivity contribution in [3.8, 4) is 5.75 Å². The van der Waals surface area contributed by atoms with Crippen molar-refractivity contribution in [2.45, 2.75) is 25.7 Å². The zero-order valence-corrected chi connectivity index (χ0v) is 10.9. The van der Waals surface area contributed by atoms with Gasteiger partial charge in [0.1, 0.15) is 5.75 Å². The van der Waals surface area contributed by atoms with Crippen LogP contribution in [-0.2, 0) is 0 Å². The minimum Gasteiger partial charge on any atom is -0.492 e. The van der Waals surface area contributed by atoms with Gasteiger partial charge in [-0.2, -0.15) is 0 Å². The number of hydrogen-bond donors (Lipinski definition) is 0. The van der Waals surface area contributed by atoms with Crippen molar-refractivity contribution in [1.29, 1.82) is 0 Å². The van der Waals surface area contributed by atoms with Gasteiger partial charge in [-0.3, -0.25) is 4.98 Å². The van der Waals surface area contributed by atoms with Gasteiger partial charge in [0.25, 0.3) is 0 Å². The third-order valence-corrected chi connectivity index (χ3v) is 2.74. The van der Waals surface area contributed by atoms with Crippen LogP contribution in [-0.4, -0.2) is 16.9 Å². The Morgan fingerprint density at radius 2 is 2.00 bits per heavy atom. The molecule has 0 fully saturated rings. The summed E-state index contributed by atoms with van der Waals surface area (Å²) >= 11 is 9.19. The molecule has 0 saturated heterocycles. The predicted octanol–water partition coefficient (Wildman–Crippen LogP) is 4.07. The van der Waals surface area contributed by atoms with Crippen LogP contribution in [0.4, 0.5) is 0 Å². The number of unbranched alkanes of at least 4 members (excludes halogenated alkanes) is 3. The van der Waals surface area contributed by atoms with Crippen LogP contribution in [0.2, 0.25) is 5.02 Å². The van der Waals surface area contributed by atoms with Gasteiger partial charge in [0, 0.05) is 17.6 Å². The van der Waals surface area contributed by atoms with Gasteiger partial charge in [0.2, 0.25) is 0 Å². The zero-order valence-electron chi connectivity index (χ0n) is 8.59. The summed E-state index contributed by atoms with van der Waals surface area (Å²) in [5.74, 6) is 0.753. The van der Waals surface area contributed by atoms with Crippen LogP contribution in [0.25, 0.3) is 0 Å². The maximum absolute atomic E-state index is 5.78. The van der Waals surface area contributed by atoms with Gasteiger partial charge in [0.15, 0.2) is 0 Å². The van der Waals surface area contributed by atoms with Gasteiger partial charge >= 0.3 is 0 Å². The van der Waals surface area contributed by atoms with Gasteiger partial charge < -0.3 is 4.74 Å². The van der Waals surface area contributed by atoms with Gasteiger partial charge in [-0.25, -0.2) is 0 Å². The minimum absolute atomic E-state index is 0.617. The second-order valence-corrected chi connectivity index (χ2v) is 4.52. The van der Waals surface area contributed by atoms with Crippen LogP contribution in [0.3, 0.4) is 0 Å². The van der Waals surface area contributed by atoms with E-state index in [-0.39, 0.29) is 0 Å². The molecule has 0 aliphatic rings. The van der Waals surface area contributed by atoms with Crippen LogP contribution in [0.5, 0.6) is 5.75 Å². The molecule has 1 aromatic rings. The molecule has 84 valence electrons. The van der Waals surface area contributed by atoms with E-state index in [0.717, 1.165) is 24.1 Å². The first-order valence-corrected chi connectivity index (χ1v) is 6.62. The first-order chi connectivity index (χ1) is 7.33. The Hall–Kier alpha value is -0.280. The van der Waals surface area contributed by atoms with E-state index in [9.17, 15) is 0 Å². The van der Waals surface area contributed by atoms with Crippen LogP contribution < -0.4 is 4.74 Å². The molecule has 1 heterocycles. The number of aromatic nitrogens is 1. The Labute approximate surface area is 104 Å². The lowest BCUT2D eigenvalue weighted by Crippen LogP contribution is -1.97. The number of ether oxygens (including phenoxy) is 1. The molecule has 4 heteroatoms. The number of nitrogens with zero attached hydrogens (tertiary/aromatic N) is 1. The molecule has 0 aliphatic heterocycles. The van der Waals surface area contributed by atoms with Crippen molar-refractivity contribution in [1.82, 2.24) is 4.98 Å². The summed E-state index contributed by atoms with van der Waals surface area (Å²) in [6.07, 6.45) is 8.06. The van der Waals surface area contributed by atoms with Crippen LogP contribution in [0.15, 0.2) is 18.5 Å². The fraction of sp³-hybridized carbons (Fsp3) is 0.545. The topological polar surface area (TPSA) is 22.1 Å². The standard InChI is InChI=1S/C11H15BrClNO/c12-5-3-1-2-4-6-15-11-7-10(13)8-14-9-11/h7-9H,1-6H2. The number of hydrogen-bond acceptors (Lipinski definition) is 2. The molecule has 0 aliphatic carbocycles. The first-order valence-electron chi connectivity index (χ1n) is 5.12. The minimum atomic E-state index is 0.617. The normalized spacial score (nSPS) is 10.3. The van der Waals surface area contributed by atoms with Gasteiger partial charge in [-0.1, -0.05) is 40.4 Å². The molecule has 0 saturated carbocycles. The number of pyridine rings is 1. The molecule has 15 heavy (non-hydrogen) atoms. The average Bonchev–Trinajstić information content (AvgIpc) is 2.23. The highest BCUT2D eigenvalue weighted by Crippen LogP contribution is 2.15. The Morgan fingerprint density at radius 3 is 2.73 bits per heavy atom. The summed E-state index contributed by atoms with van der Waals surface area (Å²) in [7, 11) is 0. The van der Waals surface area contributed by atoms with Crippen molar-refractivity contribution in [3.63, 3.8) is 0 Å². The van der Waals surface area contributed by atoms with Gasteiger partial charge in [-0.05, 0) is 12.8 Å². The lowest BCUT2D eigenvalue weighted by Gasteiger charge is -2.05. The highest BCUT2D eigenvalue weighted by atomic mass is 79.9. The molecular formula is C11H15BrClNO. The largest absolute Gasteiger partial charge is 0.492 e. The predicted molar refractivity (Wildman–Crippen MR) is 67.0 cm³/mol. The number of halogens is 2. The molecule has 0 unspecified atom stereocenters. The lowest BCUT2D eigenvalue weighted by molar-refractivity contribution is 0.304. The summed E-state index contributed by atoms with van der Waals surface area (Å²) in [5.41, 5.74) is 0. The van der Waals surface area contributed by atoms with E-state index in [0.29, 0.717) is 5.02 Å². The van der Waals surface area contributed by atoms with Crippen molar-refractivity contribution < 1.29 is 4.74 Å². The molecule has 0 aromatic carbocycles. The van der Waals surface area contributed by atoms with Crippen LogP contribution in [0, 0.1) is 0 Å². The SMILES string of the molecule is Clc1cncc(OCCCCCCBr)c1. The molecule has 0 amide bonds. The molecule has 1 aromatic heterocycles. The third kappa shape index (κ3) is 6.00. The molecular weight excluding hydrogens is 277 g/mol. The van der Waals surface area contributed by atoms with E-state index in [1.165, 1.54) is 19.3 Å². The fourth-order valence-electron chi connectivity index (χ4n) is 1.21. The van der Waals surface area contributed by atoms with E-state index >= 15 is 0 Å². The van der Waals surface area contributed by atoms with E-state index in [1.807, 2.05) is 0 Å². The van der Waals surface area contributed by atoms with E-state index in [1.54, 1.807) is 18.5 Å². The average molecular weight is 293 g/mol. The molecule has 0 atom stereocenters. The summed E-state index contributed by atoms with van der Waals surface area (Å²) in [5, 5.41) is 1.71. The maximum atomic E-state index is 5.78. The van der Waals surface area contributed by atoms with E-state index < -0.39 is 0 Å². The Kier molecular flexibility index (Phi) is 6.77. The highest BCUT2D eigenvalue weighted by Gasteiger charge is 1.95. The summed E-state index contributed by atoms with van der Waals surface area (Å²) in [4.78, 5) is 3.95. The van der Waals surface area contributed by atoms with E-state index in [4.69, 9.17) is 16.3 Å². The lowest BCUT2D eigenvalue weighted by atomic mass is 10.2. The third-order valence-electron chi connectivity index (χ3n) is 1.98. The van der Waals surface area contributed by atoms with Gasteiger partial charge in [0.05, 0.1) is 17.8 Å². The van der Waals surface area contributed by atoms with E-state index in [2.05, 4.69) is 20.9 Å². The molecule has 0 bridgehead atoms. The summed E-state index contributed by atoms with van der Waals surface area (Å²) in [6, 6.07) is 1.78. The second-order valence-electron chi connectivity index (χ2n) is 3.29. The van der Waals surface area contributed by atoms with Crippen molar-refractivity contribution in [3.05, 3.63) is 23.5 Å². The van der Waals surface area contributed by atoms with Crippen molar-refractivity contribution >= 4 is 27.5 Å². The highest BCUT2D eigenvalue weighted by molar-refractivity contribution is 9.09. The van der Waals surface area contributed by atoms with Crippen molar-refractivity contribution in [2.24, 2.45) is 0 Å². The zero-order chi connectivity index (χ0) is 10.9. The molecule has 0 radical (unpaired) electrons. The molecule has 1 rings (SSSR count). The second kappa shape index (κ2) is 7.94. The Bertz CT molecular complexity index is 283.